The van der Waals surface area contributed by atoms with Gasteiger partial charge in [0.2, 0.25) is 0 Å². The van der Waals surface area contributed by atoms with Gasteiger partial charge in [0.25, 0.3) is 0 Å². The molecule has 1 rings (SSSR count). The fourth-order valence-electron chi connectivity index (χ4n) is 1.17. The van der Waals surface area contributed by atoms with Gasteiger partial charge in [-0.1, -0.05) is 37.8 Å². The third-order valence-corrected chi connectivity index (χ3v) is 2.12. The van der Waals surface area contributed by atoms with Gasteiger partial charge in [-0.2, -0.15) is 0 Å². The Morgan fingerprint density at radius 1 is 1.77 bits per heavy atom. The Labute approximate surface area is 84.0 Å². The van der Waals surface area contributed by atoms with Crippen molar-refractivity contribution in [3.8, 4) is 0 Å². The minimum absolute atomic E-state index is 0.432. The lowest BCUT2D eigenvalue weighted by Crippen LogP contribution is -2.06. The van der Waals surface area contributed by atoms with Crippen molar-refractivity contribution in [3.63, 3.8) is 0 Å². The summed E-state index contributed by atoms with van der Waals surface area (Å²) in [6.45, 7) is 10.0. The van der Waals surface area contributed by atoms with E-state index in [0.29, 0.717) is 17.4 Å². The fraction of sp³-hybridized carbons (Fsp3) is 0.273. The summed E-state index contributed by atoms with van der Waals surface area (Å²) < 4.78 is 5.46. The average molecular weight is 197 g/mol. The molecule has 0 amide bonds. The molecule has 0 saturated carbocycles. The third-order valence-electron chi connectivity index (χ3n) is 1.94. The predicted molar refractivity (Wildman–Crippen MR) is 56.5 cm³/mol. The van der Waals surface area contributed by atoms with Crippen LogP contribution in [0, 0.1) is 0 Å². The standard InChI is InChI=1S/C11H13ClO/c1-4-9-6-10(5-2)11(8(3)12)13-7-9/h5-6H,2-4,7H2,1H3. The SMILES string of the molecule is C=CC1=C(C(=C)Cl)OCC(CC)=C1. The highest BCUT2D eigenvalue weighted by Crippen LogP contribution is 2.26. The quantitative estimate of drug-likeness (QED) is 0.671. The third kappa shape index (κ3) is 2.25. The molecule has 1 heterocycles. The molecule has 2 heteroatoms. The van der Waals surface area contributed by atoms with E-state index in [0.717, 1.165) is 12.0 Å². The van der Waals surface area contributed by atoms with E-state index in [9.17, 15) is 0 Å². The lowest BCUT2D eigenvalue weighted by atomic mass is 10.1. The van der Waals surface area contributed by atoms with Gasteiger partial charge in [0.1, 0.15) is 12.4 Å². The average Bonchev–Trinajstić information content (AvgIpc) is 2.16. The van der Waals surface area contributed by atoms with E-state index >= 15 is 0 Å². The van der Waals surface area contributed by atoms with Gasteiger partial charge in [0.05, 0.1) is 5.03 Å². The molecule has 13 heavy (non-hydrogen) atoms. The van der Waals surface area contributed by atoms with Crippen LogP contribution in [0.5, 0.6) is 0 Å². The highest BCUT2D eigenvalue weighted by molar-refractivity contribution is 6.31. The minimum Gasteiger partial charge on any atom is -0.487 e. The first-order chi connectivity index (χ1) is 6.19. The molecule has 0 aromatic carbocycles. The smallest absolute Gasteiger partial charge is 0.144 e. The summed E-state index contributed by atoms with van der Waals surface area (Å²) in [7, 11) is 0. The molecular formula is C11H13ClO. The molecule has 0 aliphatic carbocycles. The van der Waals surface area contributed by atoms with Gasteiger partial charge < -0.3 is 4.74 Å². The van der Waals surface area contributed by atoms with Gasteiger partial charge >= 0.3 is 0 Å². The number of ether oxygens (including phenoxy) is 1. The monoisotopic (exact) mass is 196 g/mol. The van der Waals surface area contributed by atoms with Crippen molar-refractivity contribution in [2.45, 2.75) is 13.3 Å². The molecule has 0 radical (unpaired) electrons. The van der Waals surface area contributed by atoms with Gasteiger partial charge in [-0.15, -0.1) is 0 Å². The second kappa shape index (κ2) is 4.33. The maximum absolute atomic E-state index is 5.77. The maximum Gasteiger partial charge on any atom is 0.144 e. The molecule has 0 fully saturated rings. The van der Waals surface area contributed by atoms with Crippen LogP contribution in [0.2, 0.25) is 0 Å². The number of allylic oxidation sites excluding steroid dienone is 4. The van der Waals surface area contributed by atoms with Gasteiger partial charge in [-0.3, -0.25) is 0 Å². The van der Waals surface area contributed by atoms with E-state index < -0.39 is 0 Å². The molecule has 0 aromatic rings. The van der Waals surface area contributed by atoms with Crippen molar-refractivity contribution in [3.05, 3.63) is 47.2 Å². The maximum atomic E-state index is 5.77. The van der Waals surface area contributed by atoms with E-state index in [1.54, 1.807) is 6.08 Å². The normalized spacial score (nSPS) is 16.3. The highest BCUT2D eigenvalue weighted by Gasteiger charge is 2.12. The van der Waals surface area contributed by atoms with Crippen LogP contribution < -0.4 is 0 Å². The second-order valence-electron chi connectivity index (χ2n) is 2.84. The number of hydrogen-bond acceptors (Lipinski definition) is 1. The van der Waals surface area contributed by atoms with E-state index in [1.807, 2.05) is 0 Å². The molecule has 0 saturated heterocycles. The molecule has 0 bridgehead atoms. The summed E-state index contributed by atoms with van der Waals surface area (Å²) >= 11 is 5.77. The molecule has 0 aromatic heterocycles. The van der Waals surface area contributed by atoms with Crippen LogP contribution in [-0.2, 0) is 4.74 Å². The summed E-state index contributed by atoms with van der Waals surface area (Å²) in [6.07, 6.45) is 4.77. The topological polar surface area (TPSA) is 9.23 Å². The predicted octanol–water partition coefficient (Wildman–Crippen LogP) is 3.55. The van der Waals surface area contributed by atoms with E-state index in [1.165, 1.54) is 5.57 Å². The molecule has 0 spiro atoms. The highest BCUT2D eigenvalue weighted by atomic mass is 35.5. The molecule has 1 aliphatic heterocycles. The van der Waals surface area contributed by atoms with Crippen molar-refractivity contribution in [2.75, 3.05) is 6.61 Å². The van der Waals surface area contributed by atoms with Crippen LogP contribution in [0.4, 0.5) is 0 Å². The first-order valence-corrected chi connectivity index (χ1v) is 4.60. The molecule has 0 atom stereocenters. The Balaban J connectivity index is 3.03. The Morgan fingerprint density at radius 3 is 2.92 bits per heavy atom. The molecule has 1 nitrogen and oxygen atoms in total. The van der Waals surface area contributed by atoms with Crippen LogP contribution in [0.15, 0.2) is 47.2 Å². The minimum atomic E-state index is 0.432. The lowest BCUT2D eigenvalue weighted by molar-refractivity contribution is 0.241. The van der Waals surface area contributed by atoms with Crippen molar-refractivity contribution in [2.24, 2.45) is 0 Å². The molecule has 70 valence electrons. The van der Waals surface area contributed by atoms with Crippen LogP contribution in [0.25, 0.3) is 0 Å². The number of halogens is 1. The zero-order chi connectivity index (χ0) is 9.84. The Morgan fingerprint density at radius 2 is 2.46 bits per heavy atom. The molecule has 0 N–H and O–H groups in total. The zero-order valence-corrected chi connectivity index (χ0v) is 8.53. The Hall–Kier alpha value is -0.950. The van der Waals surface area contributed by atoms with Crippen LogP contribution in [0.3, 0.4) is 0 Å². The summed E-state index contributed by atoms with van der Waals surface area (Å²) in [6, 6.07) is 0. The summed E-state index contributed by atoms with van der Waals surface area (Å²) in [4.78, 5) is 0. The second-order valence-corrected chi connectivity index (χ2v) is 3.29. The van der Waals surface area contributed by atoms with Crippen LogP contribution in [0.1, 0.15) is 13.3 Å². The van der Waals surface area contributed by atoms with E-state index in [-0.39, 0.29) is 0 Å². The summed E-state index contributed by atoms with van der Waals surface area (Å²) in [5, 5.41) is 0.432. The van der Waals surface area contributed by atoms with Crippen molar-refractivity contribution in [1.82, 2.24) is 0 Å². The van der Waals surface area contributed by atoms with E-state index in [2.05, 4.69) is 26.2 Å². The van der Waals surface area contributed by atoms with Crippen molar-refractivity contribution in [1.29, 1.82) is 0 Å². The number of rotatable bonds is 3. The zero-order valence-electron chi connectivity index (χ0n) is 7.77. The Kier molecular flexibility index (Phi) is 3.38. The van der Waals surface area contributed by atoms with Crippen molar-refractivity contribution >= 4 is 11.6 Å². The molecule has 1 aliphatic rings. The van der Waals surface area contributed by atoms with Crippen molar-refractivity contribution < 1.29 is 4.74 Å². The summed E-state index contributed by atoms with van der Waals surface area (Å²) in [5.74, 6) is 0.647. The molecular weight excluding hydrogens is 184 g/mol. The largest absolute Gasteiger partial charge is 0.487 e. The lowest BCUT2D eigenvalue weighted by Gasteiger charge is -2.18. The van der Waals surface area contributed by atoms with E-state index in [4.69, 9.17) is 16.3 Å². The first-order valence-electron chi connectivity index (χ1n) is 4.22. The summed E-state index contributed by atoms with van der Waals surface area (Å²) in [5.41, 5.74) is 2.17. The van der Waals surface area contributed by atoms with Gasteiger partial charge in [0.15, 0.2) is 0 Å². The first kappa shape index (κ1) is 10.1. The van der Waals surface area contributed by atoms with Gasteiger partial charge in [0, 0.05) is 5.57 Å². The van der Waals surface area contributed by atoms with Gasteiger partial charge in [-0.25, -0.2) is 0 Å². The van der Waals surface area contributed by atoms with Gasteiger partial charge in [-0.05, 0) is 18.1 Å². The Bertz CT molecular complexity index is 297. The molecule has 0 unspecified atom stereocenters. The number of hydrogen-bond donors (Lipinski definition) is 0. The van der Waals surface area contributed by atoms with Crippen LogP contribution in [-0.4, -0.2) is 6.61 Å². The fourth-order valence-corrected chi connectivity index (χ4v) is 1.33. The van der Waals surface area contributed by atoms with Crippen LogP contribution >= 0.6 is 11.6 Å².